The smallest absolute Gasteiger partial charge is 0.250 e. The number of halogens is 1. The number of nitrogens with zero attached hydrogens (tertiary/aromatic N) is 3. The Bertz CT molecular complexity index is 953. The lowest BCUT2D eigenvalue weighted by atomic mass is 10.3. The zero-order valence-electron chi connectivity index (χ0n) is 13.5. The van der Waals surface area contributed by atoms with Crippen LogP contribution in [0.1, 0.15) is 12.6 Å². The van der Waals surface area contributed by atoms with Gasteiger partial charge in [-0.1, -0.05) is 12.1 Å². The number of thiazole rings is 2. The fraction of sp³-hybridized carbons (Fsp3) is 0.0588. The summed E-state index contributed by atoms with van der Waals surface area (Å²) in [6, 6.07) is 5.98. The monoisotopic (exact) mass is 388 g/mol. The topological polar surface area (TPSA) is 75.2 Å². The van der Waals surface area contributed by atoms with Gasteiger partial charge in [0.05, 0.1) is 11.4 Å². The number of hydrogen-bond acceptors (Lipinski definition) is 6. The molecule has 0 fully saturated rings. The number of amides is 2. The van der Waals surface area contributed by atoms with Crippen LogP contribution < -0.4 is 10.2 Å². The number of anilines is 3. The minimum absolute atomic E-state index is 0.131. The summed E-state index contributed by atoms with van der Waals surface area (Å²) >= 11 is 2.49. The van der Waals surface area contributed by atoms with Gasteiger partial charge in [0.15, 0.2) is 10.3 Å². The standard InChI is InChI=1S/C17H13FN4O2S2/c1-11(23)22(14-5-3-2-4-13(14)18)17-20-12(10-26-17)6-7-15(24)21-16-19-8-9-25-16/h2-10H,1H3,(H,19,21,24)/b7-6+. The van der Waals surface area contributed by atoms with E-state index in [9.17, 15) is 14.0 Å². The third-order valence-electron chi connectivity index (χ3n) is 3.18. The van der Waals surface area contributed by atoms with E-state index in [1.54, 1.807) is 29.1 Å². The third kappa shape index (κ3) is 4.19. The van der Waals surface area contributed by atoms with Crippen LogP contribution in [0.4, 0.5) is 20.3 Å². The van der Waals surface area contributed by atoms with Gasteiger partial charge in [-0.25, -0.2) is 14.4 Å². The van der Waals surface area contributed by atoms with E-state index in [1.807, 2.05) is 0 Å². The highest BCUT2D eigenvalue weighted by atomic mass is 32.1. The van der Waals surface area contributed by atoms with Crippen molar-refractivity contribution in [3.8, 4) is 0 Å². The van der Waals surface area contributed by atoms with Gasteiger partial charge in [-0.3, -0.25) is 19.8 Å². The lowest BCUT2D eigenvalue weighted by molar-refractivity contribution is -0.116. The maximum atomic E-state index is 14.0. The molecule has 0 aliphatic heterocycles. The molecule has 1 N–H and O–H groups in total. The first kappa shape index (κ1) is 17.9. The Hall–Kier alpha value is -2.91. The Morgan fingerprint density at radius 2 is 2.08 bits per heavy atom. The number of carbonyl (C=O) groups excluding carboxylic acids is 2. The first-order chi connectivity index (χ1) is 12.5. The second kappa shape index (κ2) is 7.98. The molecule has 0 atom stereocenters. The van der Waals surface area contributed by atoms with Crippen LogP contribution in [-0.2, 0) is 9.59 Å². The molecule has 2 amide bonds. The van der Waals surface area contributed by atoms with Gasteiger partial charge in [-0.15, -0.1) is 22.7 Å². The lowest BCUT2D eigenvalue weighted by Crippen LogP contribution is -2.23. The summed E-state index contributed by atoms with van der Waals surface area (Å²) < 4.78 is 14.0. The van der Waals surface area contributed by atoms with Crippen molar-refractivity contribution in [2.45, 2.75) is 6.92 Å². The molecule has 0 spiro atoms. The van der Waals surface area contributed by atoms with Gasteiger partial charge in [-0.2, -0.15) is 0 Å². The van der Waals surface area contributed by atoms with Crippen LogP contribution in [0.15, 0.2) is 47.3 Å². The first-order valence-corrected chi connectivity index (χ1v) is 9.20. The van der Waals surface area contributed by atoms with E-state index >= 15 is 0 Å². The van der Waals surface area contributed by atoms with Gasteiger partial charge in [0.25, 0.3) is 0 Å². The minimum Gasteiger partial charge on any atom is -0.298 e. The molecule has 0 saturated carbocycles. The second-order valence-electron chi connectivity index (χ2n) is 5.02. The molecule has 2 heterocycles. The van der Waals surface area contributed by atoms with Gasteiger partial charge >= 0.3 is 0 Å². The SMILES string of the molecule is CC(=O)N(c1nc(/C=C/C(=O)Nc2nccs2)cs1)c1ccccc1F. The van der Waals surface area contributed by atoms with E-state index in [1.165, 1.54) is 58.8 Å². The largest absolute Gasteiger partial charge is 0.298 e. The van der Waals surface area contributed by atoms with Crippen molar-refractivity contribution in [2.24, 2.45) is 0 Å². The average molecular weight is 388 g/mol. The van der Waals surface area contributed by atoms with Crippen molar-refractivity contribution in [1.29, 1.82) is 0 Å². The van der Waals surface area contributed by atoms with Gasteiger partial charge in [0, 0.05) is 30.0 Å². The molecule has 0 radical (unpaired) electrons. The van der Waals surface area contributed by atoms with Crippen molar-refractivity contribution < 1.29 is 14.0 Å². The molecule has 0 unspecified atom stereocenters. The van der Waals surface area contributed by atoms with Crippen LogP contribution in [0, 0.1) is 5.82 Å². The molecular formula is C17H13FN4O2S2. The quantitative estimate of drug-likeness (QED) is 0.669. The number of carbonyl (C=O) groups is 2. The average Bonchev–Trinajstić information content (AvgIpc) is 3.27. The normalized spacial score (nSPS) is 10.8. The summed E-state index contributed by atoms with van der Waals surface area (Å²) in [6.45, 7) is 1.34. The van der Waals surface area contributed by atoms with Crippen LogP contribution >= 0.6 is 22.7 Å². The fourth-order valence-electron chi connectivity index (χ4n) is 2.09. The number of hydrogen-bond donors (Lipinski definition) is 1. The van der Waals surface area contributed by atoms with Gasteiger partial charge < -0.3 is 0 Å². The molecule has 0 bridgehead atoms. The number of aromatic nitrogens is 2. The van der Waals surface area contributed by atoms with Crippen molar-refractivity contribution in [2.75, 3.05) is 10.2 Å². The zero-order valence-corrected chi connectivity index (χ0v) is 15.2. The highest BCUT2D eigenvalue weighted by Crippen LogP contribution is 2.30. The van der Waals surface area contributed by atoms with Crippen LogP contribution in [0.2, 0.25) is 0 Å². The Kier molecular flexibility index (Phi) is 5.49. The van der Waals surface area contributed by atoms with E-state index < -0.39 is 5.82 Å². The Morgan fingerprint density at radius 3 is 2.77 bits per heavy atom. The maximum absolute atomic E-state index is 14.0. The molecule has 0 aliphatic carbocycles. The molecular weight excluding hydrogens is 375 g/mol. The Morgan fingerprint density at radius 1 is 1.27 bits per heavy atom. The van der Waals surface area contributed by atoms with E-state index in [0.717, 1.165) is 0 Å². The molecule has 6 nitrogen and oxygen atoms in total. The van der Waals surface area contributed by atoms with Crippen molar-refractivity contribution in [1.82, 2.24) is 9.97 Å². The van der Waals surface area contributed by atoms with Crippen LogP contribution in [0.3, 0.4) is 0 Å². The number of rotatable bonds is 5. The fourth-order valence-corrected chi connectivity index (χ4v) is 3.47. The molecule has 3 rings (SSSR count). The second-order valence-corrected chi connectivity index (χ2v) is 6.75. The van der Waals surface area contributed by atoms with E-state index in [-0.39, 0.29) is 17.5 Å². The summed E-state index contributed by atoms with van der Waals surface area (Å²) in [5.74, 6) is -1.22. The van der Waals surface area contributed by atoms with Gasteiger partial charge in [0.1, 0.15) is 5.82 Å². The molecule has 132 valence electrons. The summed E-state index contributed by atoms with van der Waals surface area (Å²) in [5.41, 5.74) is 0.619. The molecule has 9 heteroatoms. The molecule has 26 heavy (non-hydrogen) atoms. The first-order valence-electron chi connectivity index (χ1n) is 7.44. The van der Waals surface area contributed by atoms with Crippen LogP contribution in [0.5, 0.6) is 0 Å². The van der Waals surface area contributed by atoms with Crippen molar-refractivity contribution in [3.63, 3.8) is 0 Å². The zero-order chi connectivity index (χ0) is 18.5. The van der Waals surface area contributed by atoms with Crippen molar-refractivity contribution >= 4 is 56.5 Å². The molecule has 0 saturated heterocycles. The summed E-state index contributed by atoms with van der Waals surface area (Å²) in [6.07, 6.45) is 4.43. The summed E-state index contributed by atoms with van der Waals surface area (Å²) in [7, 11) is 0. The maximum Gasteiger partial charge on any atom is 0.250 e. The number of nitrogens with one attached hydrogen (secondary N) is 1. The molecule has 1 aromatic carbocycles. The number of para-hydroxylation sites is 1. The molecule has 0 aliphatic rings. The lowest BCUT2D eigenvalue weighted by Gasteiger charge is -2.18. The van der Waals surface area contributed by atoms with Crippen LogP contribution in [-0.4, -0.2) is 21.8 Å². The molecule has 3 aromatic rings. The van der Waals surface area contributed by atoms with Gasteiger partial charge in [0.2, 0.25) is 11.8 Å². The summed E-state index contributed by atoms with van der Waals surface area (Å²) in [4.78, 5) is 33.3. The van der Waals surface area contributed by atoms with Gasteiger partial charge in [-0.05, 0) is 18.2 Å². The van der Waals surface area contributed by atoms with E-state index in [2.05, 4.69) is 15.3 Å². The van der Waals surface area contributed by atoms with E-state index in [4.69, 9.17) is 0 Å². The van der Waals surface area contributed by atoms with Crippen molar-refractivity contribution in [3.05, 3.63) is 58.8 Å². The summed E-state index contributed by atoms with van der Waals surface area (Å²) in [5, 5.41) is 6.87. The molecule has 2 aromatic heterocycles. The predicted molar refractivity (Wildman–Crippen MR) is 101 cm³/mol. The highest BCUT2D eigenvalue weighted by Gasteiger charge is 2.20. The third-order valence-corrected chi connectivity index (χ3v) is 4.71. The Labute approximate surface area is 156 Å². The predicted octanol–water partition coefficient (Wildman–Crippen LogP) is 4.08. The minimum atomic E-state index is -0.516. The van der Waals surface area contributed by atoms with E-state index in [0.29, 0.717) is 16.0 Å². The van der Waals surface area contributed by atoms with Crippen LogP contribution in [0.25, 0.3) is 6.08 Å². The Balaban J connectivity index is 1.77. The highest BCUT2D eigenvalue weighted by molar-refractivity contribution is 7.14. The number of benzene rings is 1.